The average molecular weight is 366 g/mol. The smallest absolute Gasteiger partial charge is 0.326 e. The summed E-state index contributed by atoms with van der Waals surface area (Å²) < 4.78 is 15.7. The molecule has 1 unspecified atom stereocenters. The third-order valence-electron chi connectivity index (χ3n) is 4.65. The number of hydrogen-bond acceptors (Lipinski definition) is 4. The first kappa shape index (κ1) is 16.9. The van der Waals surface area contributed by atoms with Gasteiger partial charge in [-0.05, 0) is 29.3 Å². The predicted molar refractivity (Wildman–Crippen MR) is 92.8 cm³/mol. The molecule has 0 fully saturated rings. The van der Waals surface area contributed by atoms with E-state index < -0.39 is 23.7 Å². The van der Waals surface area contributed by atoms with Gasteiger partial charge in [0.05, 0.1) is 0 Å². The predicted octanol–water partition coefficient (Wildman–Crippen LogP) is 2.06. The quantitative estimate of drug-likeness (QED) is 0.767. The molecule has 1 N–H and O–H groups in total. The van der Waals surface area contributed by atoms with Gasteiger partial charge in [0.25, 0.3) is 5.91 Å². The topological polar surface area (TPSA) is 88.3 Å². The number of benzene rings is 2. The molecule has 1 atom stereocenters. The van der Waals surface area contributed by atoms with Gasteiger partial charge in [0.1, 0.15) is 30.2 Å². The van der Waals surface area contributed by atoms with E-state index in [1.807, 2.05) is 24.3 Å². The Balaban J connectivity index is 1.67. The van der Waals surface area contributed by atoms with Gasteiger partial charge in [-0.3, -0.25) is 4.79 Å². The van der Waals surface area contributed by atoms with Gasteiger partial charge < -0.3 is 10.0 Å². The van der Waals surface area contributed by atoms with Crippen molar-refractivity contribution in [2.24, 2.45) is 0 Å². The van der Waals surface area contributed by atoms with E-state index in [4.69, 9.17) is 0 Å². The molecule has 27 heavy (non-hydrogen) atoms. The van der Waals surface area contributed by atoms with Crippen molar-refractivity contribution in [1.29, 1.82) is 0 Å². The zero-order valence-electron chi connectivity index (χ0n) is 14.1. The van der Waals surface area contributed by atoms with Crippen molar-refractivity contribution in [1.82, 2.24) is 19.7 Å². The molecule has 1 aromatic heterocycles. The van der Waals surface area contributed by atoms with Crippen LogP contribution in [0.4, 0.5) is 4.39 Å². The highest BCUT2D eigenvalue weighted by Crippen LogP contribution is 2.26. The largest absolute Gasteiger partial charge is 0.480 e. The number of fused-ring (bicyclic) bond motifs is 1. The van der Waals surface area contributed by atoms with Crippen LogP contribution in [0.1, 0.15) is 21.5 Å². The van der Waals surface area contributed by atoms with Crippen molar-refractivity contribution < 1.29 is 19.1 Å². The zero-order chi connectivity index (χ0) is 19.0. The molecule has 3 aromatic rings. The summed E-state index contributed by atoms with van der Waals surface area (Å²) in [4.78, 5) is 29.7. The summed E-state index contributed by atoms with van der Waals surface area (Å²) in [5.74, 6) is -2.26. The SMILES string of the molecule is O=C(O)C1Cc2ccccc2CN1C(=O)c1ccc(-n2cncn2)c(F)c1. The molecule has 2 aromatic carbocycles. The molecule has 8 heteroatoms. The highest BCUT2D eigenvalue weighted by Gasteiger charge is 2.35. The first-order chi connectivity index (χ1) is 13.0. The van der Waals surface area contributed by atoms with E-state index in [-0.39, 0.29) is 24.2 Å². The molecule has 4 rings (SSSR count). The Morgan fingerprint density at radius 1 is 1.15 bits per heavy atom. The van der Waals surface area contributed by atoms with Crippen LogP contribution in [0.5, 0.6) is 0 Å². The Morgan fingerprint density at radius 3 is 2.59 bits per heavy atom. The molecule has 1 aliphatic heterocycles. The summed E-state index contributed by atoms with van der Waals surface area (Å²) in [6.45, 7) is 0.165. The monoisotopic (exact) mass is 366 g/mol. The molecule has 0 spiro atoms. The molecule has 1 amide bonds. The van der Waals surface area contributed by atoms with Gasteiger partial charge in [-0.25, -0.2) is 18.9 Å². The lowest BCUT2D eigenvalue weighted by Crippen LogP contribution is -2.48. The van der Waals surface area contributed by atoms with E-state index in [0.29, 0.717) is 0 Å². The number of nitrogens with zero attached hydrogens (tertiary/aromatic N) is 4. The van der Waals surface area contributed by atoms with Gasteiger partial charge in [0, 0.05) is 18.5 Å². The van der Waals surface area contributed by atoms with Crippen molar-refractivity contribution in [3.63, 3.8) is 0 Å². The van der Waals surface area contributed by atoms with Crippen molar-refractivity contribution >= 4 is 11.9 Å². The van der Waals surface area contributed by atoms with E-state index in [1.54, 1.807) is 0 Å². The maximum atomic E-state index is 14.5. The number of carboxylic acids is 1. The highest BCUT2D eigenvalue weighted by atomic mass is 19.1. The normalized spacial score (nSPS) is 16.0. The minimum absolute atomic E-state index is 0.0852. The number of carboxylic acid groups (broad SMARTS) is 1. The van der Waals surface area contributed by atoms with Crippen LogP contribution in [0.25, 0.3) is 5.69 Å². The van der Waals surface area contributed by atoms with E-state index in [9.17, 15) is 19.1 Å². The maximum Gasteiger partial charge on any atom is 0.326 e. The summed E-state index contributed by atoms with van der Waals surface area (Å²) in [7, 11) is 0. The third-order valence-corrected chi connectivity index (χ3v) is 4.65. The number of aliphatic carboxylic acids is 1. The Kier molecular flexibility index (Phi) is 4.15. The number of carbonyl (C=O) groups is 2. The van der Waals surface area contributed by atoms with E-state index in [1.165, 1.54) is 34.4 Å². The van der Waals surface area contributed by atoms with Crippen LogP contribution in [-0.2, 0) is 17.8 Å². The molecule has 1 aliphatic rings. The van der Waals surface area contributed by atoms with Crippen LogP contribution in [0.2, 0.25) is 0 Å². The third kappa shape index (κ3) is 3.05. The van der Waals surface area contributed by atoms with Gasteiger partial charge in [-0.2, -0.15) is 5.10 Å². The van der Waals surface area contributed by atoms with Gasteiger partial charge in [-0.15, -0.1) is 0 Å². The molecule has 7 nitrogen and oxygen atoms in total. The molecule has 0 saturated heterocycles. The minimum Gasteiger partial charge on any atom is -0.480 e. The van der Waals surface area contributed by atoms with E-state index in [2.05, 4.69) is 10.1 Å². The fourth-order valence-corrected chi connectivity index (χ4v) is 3.28. The van der Waals surface area contributed by atoms with Crippen LogP contribution < -0.4 is 0 Å². The highest BCUT2D eigenvalue weighted by molar-refractivity contribution is 5.97. The van der Waals surface area contributed by atoms with Crippen LogP contribution in [0.3, 0.4) is 0 Å². The molecule has 2 heterocycles. The van der Waals surface area contributed by atoms with Gasteiger partial charge >= 0.3 is 5.97 Å². The lowest BCUT2D eigenvalue weighted by atomic mass is 9.93. The van der Waals surface area contributed by atoms with Crippen molar-refractivity contribution in [2.45, 2.75) is 19.0 Å². The van der Waals surface area contributed by atoms with Crippen molar-refractivity contribution in [3.8, 4) is 5.69 Å². The van der Waals surface area contributed by atoms with Crippen molar-refractivity contribution in [3.05, 3.63) is 77.6 Å². The summed E-state index contributed by atoms with van der Waals surface area (Å²) in [5.41, 5.74) is 2.04. The summed E-state index contributed by atoms with van der Waals surface area (Å²) >= 11 is 0. The number of halogens is 1. The Bertz CT molecular complexity index is 1020. The fraction of sp³-hybridized carbons (Fsp3) is 0.158. The summed E-state index contributed by atoms with van der Waals surface area (Å²) in [6, 6.07) is 10.4. The first-order valence-electron chi connectivity index (χ1n) is 8.29. The Morgan fingerprint density at radius 2 is 1.93 bits per heavy atom. The number of carbonyl (C=O) groups excluding carboxylic acids is 1. The summed E-state index contributed by atoms with van der Waals surface area (Å²) in [6.07, 6.45) is 2.85. The molecule has 0 saturated carbocycles. The van der Waals surface area contributed by atoms with E-state index in [0.717, 1.165) is 17.2 Å². The molecule has 0 bridgehead atoms. The van der Waals surface area contributed by atoms with Crippen LogP contribution in [0, 0.1) is 5.82 Å². The number of aromatic nitrogens is 3. The second-order valence-corrected chi connectivity index (χ2v) is 6.27. The lowest BCUT2D eigenvalue weighted by molar-refractivity contribution is -0.142. The van der Waals surface area contributed by atoms with Gasteiger partial charge in [0.2, 0.25) is 0 Å². The number of rotatable bonds is 3. The second kappa shape index (κ2) is 6.64. The number of amides is 1. The maximum absolute atomic E-state index is 14.5. The van der Waals surface area contributed by atoms with E-state index >= 15 is 0 Å². The molecular weight excluding hydrogens is 351 g/mol. The van der Waals surface area contributed by atoms with Crippen LogP contribution in [0.15, 0.2) is 55.1 Å². The second-order valence-electron chi connectivity index (χ2n) is 6.27. The standard InChI is InChI=1S/C19H15FN4O3/c20-15-7-13(5-6-16(15)24-11-21-10-22-24)18(25)23-9-14-4-2-1-3-12(14)8-17(23)19(26)27/h1-7,10-11,17H,8-9H2,(H,26,27). The molecule has 0 aliphatic carbocycles. The van der Waals surface area contributed by atoms with Crippen molar-refractivity contribution in [2.75, 3.05) is 0 Å². The van der Waals surface area contributed by atoms with Gasteiger partial charge in [0.15, 0.2) is 0 Å². The first-order valence-corrected chi connectivity index (χ1v) is 8.29. The number of hydrogen-bond donors (Lipinski definition) is 1. The summed E-state index contributed by atoms with van der Waals surface area (Å²) in [5, 5.41) is 13.4. The minimum atomic E-state index is -1.09. The zero-order valence-corrected chi connectivity index (χ0v) is 14.1. The fourth-order valence-electron chi connectivity index (χ4n) is 3.28. The van der Waals surface area contributed by atoms with Crippen LogP contribution >= 0.6 is 0 Å². The average Bonchev–Trinajstić information content (AvgIpc) is 3.20. The molecule has 136 valence electrons. The molecule has 0 radical (unpaired) electrons. The Hall–Kier alpha value is -3.55. The Labute approximate surface area is 153 Å². The molecular formula is C19H15FN4O3. The van der Waals surface area contributed by atoms with Crippen LogP contribution in [-0.4, -0.2) is 42.7 Å². The van der Waals surface area contributed by atoms with Gasteiger partial charge in [-0.1, -0.05) is 24.3 Å². The lowest BCUT2D eigenvalue weighted by Gasteiger charge is -2.34.